The van der Waals surface area contributed by atoms with Gasteiger partial charge in [-0.05, 0) is 90.7 Å². The molecular weight excluding hydrogens is 502 g/mol. The highest BCUT2D eigenvalue weighted by Crippen LogP contribution is 2.38. The first-order chi connectivity index (χ1) is 18.3. The summed E-state index contributed by atoms with van der Waals surface area (Å²) < 4.78 is 39.7. The fraction of sp³-hybridized carbons (Fsp3) is 0.172. The van der Waals surface area contributed by atoms with Crippen LogP contribution in [0.1, 0.15) is 16.7 Å². The molecule has 1 aliphatic rings. The minimum absolute atomic E-state index is 0.0941. The summed E-state index contributed by atoms with van der Waals surface area (Å²) in [5.74, 6) is 0.436. The molecule has 0 radical (unpaired) electrons. The number of aryl methyl sites for hydroxylation is 1. The van der Waals surface area contributed by atoms with Gasteiger partial charge in [-0.3, -0.25) is 14.1 Å². The van der Waals surface area contributed by atoms with Crippen molar-refractivity contribution >= 4 is 27.3 Å². The fourth-order valence-corrected chi connectivity index (χ4v) is 5.73. The zero-order valence-corrected chi connectivity index (χ0v) is 21.8. The first kappa shape index (κ1) is 25.3. The van der Waals surface area contributed by atoms with Gasteiger partial charge in [0.05, 0.1) is 24.2 Å². The molecule has 0 aliphatic carbocycles. The maximum atomic E-state index is 13.7. The van der Waals surface area contributed by atoms with Gasteiger partial charge in [0.1, 0.15) is 11.5 Å². The maximum Gasteiger partial charge on any atom is 0.267 e. The number of aromatic nitrogens is 1. The van der Waals surface area contributed by atoms with Gasteiger partial charge in [0.2, 0.25) is 0 Å². The standard InChI is InChI=1S/C29H27N3O5S/c1-20-3-12-27-26(17-20)32(38(34,35)25-10-8-24(36-2)9-11-25)19-28(37-27)29(33)31-23-6-4-21(5-7-23)18-22-13-15-30-16-14-22/h3-17,28H,18-19H2,1-2H3,(H,31,33)/t28-/m0/s1. The van der Waals surface area contributed by atoms with Crippen LogP contribution in [0.5, 0.6) is 11.5 Å². The van der Waals surface area contributed by atoms with Crippen molar-refractivity contribution in [2.24, 2.45) is 0 Å². The molecule has 1 atom stereocenters. The summed E-state index contributed by atoms with van der Waals surface area (Å²) in [7, 11) is -2.46. The third-order valence-electron chi connectivity index (χ3n) is 6.30. The largest absolute Gasteiger partial charge is 0.497 e. The highest BCUT2D eigenvalue weighted by atomic mass is 32.2. The van der Waals surface area contributed by atoms with E-state index in [2.05, 4.69) is 10.3 Å². The van der Waals surface area contributed by atoms with Crippen LogP contribution in [-0.4, -0.2) is 39.1 Å². The van der Waals surface area contributed by atoms with Gasteiger partial charge in [-0.15, -0.1) is 0 Å². The number of nitrogens with one attached hydrogen (secondary N) is 1. The molecule has 0 saturated carbocycles. The van der Waals surface area contributed by atoms with E-state index < -0.39 is 22.0 Å². The average Bonchev–Trinajstić information content (AvgIpc) is 2.94. The lowest BCUT2D eigenvalue weighted by Crippen LogP contribution is -2.48. The zero-order chi connectivity index (χ0) is 26.7. The summed E-state index contributed by atoms with van der Waals surface area (Å²) in [4.78, 5) is 17.4. The van der Waals surface area contributed by atoms with Crippen molar-refractivity contribution in [2.45, 2.75) is 24.3 Å². The van der Waals surface area contributed by atoms with Gasteiger partial charge in [0.25, 0.3) is 15.9 Å². The van der Waals surface area contributed by atoms with E-state index in [9.17, 15) is 13.2 Å². The molecule has 8 nitrogen and oxygen atoms in total. The normalized spacial score (nSPS) is 14.8. The number of benzene rings is 3. The minimum atomic E-state index is -3.98. The van der Waals surface area contributed by atoms with E-state index >= 15 is 0 Å². The second kappa shape index (κ2) is 10.5. The summed E-state index contributed by atoms with van der Waals surface area (Å²) in [6, 6.07) is 22.8. The van der Waals surface area contributed by atoms with Gasteiger partial charge >= 0.3 is 0 Å². The molecule has 1 N–H and O–H groups in total. The molecule has 1 aromatic heterocycles. The van der Waals surface area contributed by atoms with Crippen molar-refractivity contribution in [3.05, 3.63) is 108 Å². The number of ether oxygens (including phenoxy) is 2. The van der Waals surface area contributed by atoms with Gasteiger partial charge in [0.15, 0.2) is 6.10 Å². The molecule has 2 heterocycles. The average molecular weight is 530 g/mol. The Morgan fingerprint density at radius 3 is 2.37 bits per heavy atom. The Morgan fingerprint density at radius 1 is 1.00 bits per heavy atom. The molecule has 4 aromatic rings. The second-order valence-corrected chi connectivity index (χ2v) is 10.9. The van der Waals surface area contributed by atoms with Crippen LogP contribution in [0.2, 0.25) is 0 Å². The van der Waals surface area contributed by atoms with Crippen LogP contribution in [0, 0.1) is 6.92 Å². The molecule has 1 amide bonds. The van der Waals surface area contributed by atoms with Crippen molar-refractivity contribution in [1.29, 1.82) is 0 Å². The molecule has 0 saturated heterocycles. The van der Waals surface area contributed by atoms with Crippen LogP contribution in [0.3, 0.4) is 0 Å². The molecule has 5 rings (SSSR count). The van der Waals surface area contributed by atoms with Gasteiger partial charge < -0.3 is 14.8 Å². The molecular formula is C29H27N3O5S. The van der Waals surface area contributed by atoms with E-state index in [-0.39, 0.29) is 11.4 Å². The van der Waals surface area contributed by atoms with Gasteiger partial charge in [-0.25, -0.2) is 8.42 Å². The highest BCUT2D eigenvalue weighted by Gasteiger charge is 2.37. The Bertz CT molecular complexity index is 1540. The number of amides is 1. The van der Waals surface area contributed by atoms with Crippen molar-refractivity contribution < 1.29 is 22.7 Å². The Balaban J connectivity index is 1.36. The van der Waals surface area contributed by atoms with Crippen LogP contribution in [0.15, 0.2) is 96.2 Å². The quantitative estimate of drug-likeness (QED) is 0.376. The molecule has 0 fully saturated rings. The lowest BCUT2D eigenvalue weighted by Gasteiger charge is -2.35. The number of carbonyl (C=O) groups excluding carboxylic acids is 1. The predicted molar refractivity (Wildman–Crippen MR) is 145 cm³/mol. The summed E-state index contributed by atoms with van der Waals surface area (Å²) in [5, 5.41) is 2.86. The number of methoxy groups -OCH3 is 1. The zero-order valence-electron chi connectivity index (χ0n) is 21.0. The summed E-state index contributed by atoms with van der Waals surface area (Å²) in [6.45, 7) is 1.70. The summed E-state index contributed by atoms with van der Waals surface area (Å²) in [5.41, 5.74) is 4.09. The Morgan fingerprint density at radius 2 is 1.68 bits per heavy atom. The number of hydrogen-bond donors (Lipinski definition) is 1. The SMILES string of the molecule is COc1ccc(S(=O)(=O)N2C[C@@H](C(=O)Nc3ccc(Cc4ccncc4)cc3)Oc3ccc(C)cc32)cc1. The monoisotopic (exact) mass is 529 g/mol. The number of fused-ring (bicyclic) bond motifs is 1. The number of sulfonamides is 1. The van der Waals surface area contributed by atoms with Crippen LogP contribution >= 0.6 is 0 Å². The predicted octanol–water partition coefficient (Wildman–Crippen LogP) is 4.58. The van der Waals surface area contributed by atoms with E-state index in [0.717, 1.165) is 23.1 Å². The molecule has 194 valence electrons. The topological polar surface area (TPSA) is 97.8 Å². The van der Waals surface area contributed by atoms with Gasteiger partial charge in [0, 0.05) is 18.1 Å². The lowest BCUT2D eigenvalue weighted by atomic mass is 10.1. The van der Waals surface area contributed by atoms with Crippen LogP contribution in [0.4, 0.5) is 11.4 Å². The third kappa shape index (κ3) is 5.33. The van der Waals surface area contributed by atoms with Crippen molar-refractivity contribution in [3.8, 4) is 11.5 Å². The molecule has 0 unspecified atom stereocenters. The van der Waals surface area contributed by atoms with Crippen molar-refractivity contribution in [1.82, 2.24) is 4.98 Å². The van der Waals surface area contributed by atoms with Crippen LogP contribution in [0.25, 0.3) is 0 Å². The van der Waals surface area contributed by atoms with E-state index in [1.54, 1.807) is 36.7 Å². The number of hydrogen-bond acceptors (Lipinski definition) is 6. The minimum Gasteiger partial charge on any atom is -0.497 e. The van der Waals surface area contributed by atoms with Crippen molar-refractivity contribution in [3.63, 3.8) is 0 Å². The number of rotatable bonds is 7. The molecule has 0 bridgehead atoms. The number of nitrogens with zero attached hydrogens (tertiary/aromatic N) is 2. The highest BCUT2D eigenvalue weighted by molar-refractivity contribution is 7.92. The van der Waals surface area contributed by atoms with Crippen LogP contribution in [-0.2, 0) is 21.2 Å². The van der Waals surface area contributed by atoms with E-state index in [0.29, 0.717) is 22.9 Å². The second-order valence-electron chi connectivity index (χ2n) is 9.01. The van der Waals surface area contributed by atoms with E-state index in [1.165, 1.54) is 23.5 Å². The van der Waals surface area contributed by atoms with Crippen LogP contribution < -0.4 is 19.1 Å². The van der Waals surface area contributed by atoms with E-state index in [1.807, 2.05) is 49.4 Å². The van der Waals surface area contributed by atoms with Crippen molar-refractivity contribution in [2.75, 3.05) is 23.3 Å². The smallest absolute Gasteiger partial charge is 0.267 e. The molecule has 38 heavy (non-hydrogen) atoms. The Hall–Kier alpha value is -4.37. The number of carbonyl (C=O) groups is 1. The molecule has 1 aliphatic heterocycles. The first-order valence-corrected chi connectivity index (χ1v) is 13.5. The number of anilines is 2. The van der Waals surface area contributed by atoms with Gasteiger partial charge in [-0.2, -0.15) is 0 Å². The molecule has 0 spiro atoms. The number of pyridine rings is 1. The fourth-order valence-electron chi connectivity index (χ4n) is 4.27. The van der Waals surface area contributed by atoms with Gasteiger partial charge in [-0.1, -0.05) is 18.2 Å². The maximum absolute atomic E-state index is 13.7. The lowest BCUT2D eigenvalue weighted by molar-refractivity contribution is -0.122. The summed E-state index contributed by atoms with van der Waals surface area (Å²) in [6.07, 6.45) is 3.21. The van der Waals surface area contributed by atoms with E-state index in [4.69, 9.17) is 9.47 Å². The Labute approximate surface area is 221 Å². The third-order valence-corrected chi connectivity index (χ3v) is 8.10. The summed E-state index contributed by atoms with van der Waals surface area (Å²) >= 11 is 0. The molecule has 3 aromatic carbocycles. The Kier molecular flexibility index (Phi) is 7.02. The molecule has 9 heteroatoms. The first-order valence-electron chi connectivity index (χ1n) is 12.1.